The summed E-state index contributed by atoms with van der Waals surface area (Å²) in [5, 5.41) is 3.70. The molecule has 2 aliphatic heterocycles. The molecular weight excluding hydrogens is 658 g/mol. The fraction of sp³-hybridized carbons (Fsp3) is 0.718. The number of aromatic nitrogens is 1. The van der Waals surface area contributed by atoms with Gasteiger partial charge in [0.05, 0.1) is 49.0 Å². The Balaban J connectivity index is 1.32. The zero-order chi connectivity index (χ0) is 35.3. The van der Waals surface area contributed by atoms with E-state index in [2.05, 4.69) is 62.7 Å². The first-order chi connectivity index (χ1) is 23.6. The number of rotatable bonds is 19. The number of halogens is 1. The average Bonchev–Trinajstić information content (AvgIpc) is 3.60. The number of amides is 1. The summed E-state index contributed by atoms with van der Waals surface area (Å²) in [6.45, 7) is 16.0. The number of carbonyl (C=O) groups is 2. The molecule has 3 heterocycles. The Kier molecular flexibility index (Phi) is 15.8. The van der Waals surface area contributed by atoms with E-state index >= 15 is 0 Å². The van der Waals surface area contributed by atoms with Crippen LogP contribution in [0.25, 0.3) is 0 Å². The number of carbonyl (C=O) groups excluding carboxylic acids is 2. The number of unbranched alkanes of at least 4 members (excludes halogenated alkanes) is 3. The highest BCUT2D eigenvalue weighted by molar-refractivity contribution is 7.09. The van der Waals surface area contributed by atoms with Crippen LogP contribution in [0.5, 0.6) is 0 Å². The third-order valence-corrected chi connectivity index (χ3v) is 11.7. The van der Waals surface area contributed by atoms with Gasteiger partial charge in [0, 0.05) is 42.5 Å². The maximum atomic E-state index is 13.3. The van der Waals surface area contributed by atoms with Gasteiger partial charge in [0.1, 0.15) is 5.69 Å². The summed E-state index contributed by atoms with van der Waals surface area (Å²) in [5.41, 5.74) is 1.94. The van der Waals surface area contributed by atoms with E-state index in [0.717, 1.165) is 105 Å². The van der Waals surface area contributed by atoms with Gasteiger partial charge in [-0.1, -0.05) is 96.5 Å². The molecule has 10 heteroatoms. The number of ether oxygens (including phenoxy) is 3. The van der Waals surface area contributed by atoms with Gasteiger partial charge >= 0.3 is 5.97 Å². The second-order valence-electron chi connectivity index (χ2n) is 14.4. The number of esters is 1. The van der Waals surface area contributed by atoms with Crippen LogP contribution in [0, 0.1) is 0 Å². The molecule has 1 spiro atoms. The lowest BCUT2D eigenvalue weighted by Gasteiger charge is -2.47. The van der Waals surface area contributed by atoms with Gasteiger partial charge < -0.3 is 19.1 Å². The van der Waals surface area contributed by atoms with Crippen molar-refractivity contribution in [3.8, 4) is 0 Å². The molecule has 0 unspecified atom stereocenters. The van der Waals surface area contributed by atoms with Crippen molar-refractivity contribution in [3.63, 3.8) is 0 Å². The van der Waals surface area contributed by atoms with Crippen molar-refractivity contribution < 1.29 is 23.8 Å². The predicted molar refractivity (Wildman–Crippen MR) is 199 cm³/mol. The van der Waals surface area contributed by atoms with Crippen LogP contribution in [-0.4, -0.2) is 83.9 Å². The monoisotopic (exact) mass is 717 g/mol. The van der Waals surface area contributed by atoms with E-state index in [0.29, 0.717) is 57.4 Å². The van der Waals surface area contributed by atoms with Crippen LogP contribution in [0.4, 0.5) is 0 Å². The van der Waals surface area contributed by atoms with Crippen molar-refractivity contribution in [1.82, 2.24) is 14.8 Å². The lowest BCUT2D eigenvalue weighted by atomic mass is 9.87. The lowest BCUT2D eigenvalue weighted by molar-refractivity contribution is -0.154. The minimum absolute atomic E-state index is 0.0145. The van der Waals surface area contributed by atoms with Gasteiger partial charge in [0.2, 0.25) is 0 Å². The van der Waals surface area contributed by atoms with E-state index in [1.54, 1.807) is 11.3 Å². The normalized spacial score (nSPS) is 16.8. The molecule has 4 rings (SSSR count). The summed E-state index contributed by atoms with van der Waals surface area (Å²) in [4.78, 5) is 35.2. The molecule has 0 bridgehead atoms. The smallest absolute Gasteiger partial charge is 0.308 e. The number of benzene rings is 1. The molecule has 49 heavy (non-hydrogen) atoms. The largest absolute Gasteiger partial charge is 0.466 e. The zero-order valence-corrected chi connectivity index (χ0v) is 32.3. The fourth-order valence-corrected chi connectivity index (χ4v) is 8.05. The molecule has 2 fully saturated rings. The van der Waals surface area contributed by atoms with Crippen LogP contribution in [0.3, 0.4) is 0 Å². The van der Waals surface area contributed by atoms with E-state index < -0.39 is 5.60 Å². The average molecular weight is 718 g/mol. The van der Waals surface area contributed by atoms with Crippen LogP contribution in [0.1, 0.15) is 138 Å². The molecule has 0 atom stereocenters. The lowest BCUT2D eigenvalue weighted by Crippen LogP contribution is -2.58. The molecule has 0 saturated carbocycles. The Morgan fingerprint density at radius 3 is 2.37 bits per heavy atom. The highest BCUT2D eigenvalue weighted by atomic mass is 35.5. The van der Waals surface area contributed by atoms with Crippen molar-refractivity contribution in [1.29, 1.82) is 0 Å². The van der Waals surface area contributed by atoms with Crippen molar-refractivity contribution >= 4 is 34.8 Å². The van der Waals surface area contributed by atoms with Gasteiger partial charge in [0.25, 0.3) is 5.91 Å². The van der Waals surface area contributed by atoms with Crippen molar-refractivity contribution in [2.24, 2.45) is 0 Å². The van der Waals surface area contributed by atoms with Gasteiger partial charge in [-0.3, -0.25) is 14.5 Å². The zero-order valence-electron chi connectivity index (χ0n) is 30.7. The SMILES string of the molecule is CCCCOC(=O)CC(CCCC)(CCCC)OCCc1cccc(CN2CCC3(CC2)CN(C(=O)c2csc(C(C)C)n2)CCO3)c1Cl. The molecule has 274 valence electrons. The fourth-order valence-electron chi connectivity index (χ4n) is 6.96. The van der Waals surface area contributed by atoms with Crippen LogP contribution in [0.15, 0.2) is 23.6 Å². The van der Waals surface area contributed by atoms with Crippen LogP contribution in [0.2, 0.25) is 5.02 Å². The minimum atomic E-state index is -0.498. The minimum Gasteiger partial charge on any atom is -0.466 e. The van der Waals surface area contributed by atoms with E-state index in [9.17, 15) is 9.59 Å². The molecule has 0 N–H and O–H groups in total. The third kappa shape index (κ3) is 11.5. The third-order valence-electron chi connectivity index (χ3n) is 10.1. The standard InChI is InChI=1S/C39H60ClN3O5S/c1-6-9-16-38(17-10-7-2,26-34(44)46-23-11-8-3)47-24-15-31-13-12-14-32(35(31)40)27-42-20-18-39(19-21-42)29-43(22-25-48-39)37(45)33-28-49-36(41-33)30(4)5/h12-14,28,30H,6-11,15-27,29H2,1-5H3. The Hall–Kier alpha value is -2.04. The molecule has 2 aromatic rings. The molecule has 2 saturated heterocycles. The first kappa shape index (κ1) is 39.7. The van der Waals surface area contributed by atoms with Crippen LogP contribution >= 0.6 is 22.9 Å². The van der Waals surface area contributed by atoms with Crippen LogP contribution < -0.4 is 0 Å². The quantitative estimate of drug-likeness (QED) is 0.106. The highest BCUT2D eigenvalue weighted by Gasteiger charge is 2.41. The number of thiazole rings is 1. The summed E-state index contributed by atoms with van der Waals surface area (Å²) in [6.07, 6.45) is 10.5. The Morgan fingerprint density at radius 2 is 1.71 bits per heavy atom. The molecule has 8 nitrogen and oxygen atoms in total. The second-order valence-corrected chi connectivity index (χ2v) is 15.7. The molecular formula is C39H60ClN3O5S. The number of morpholine rings is 1. The number of hydrogen-bond acceptors (Lipinski definition) is 8. The maximum absolute atomic E-state index is 13.3. The molecule has 1 aromatic carbocycles. The van der Waals surface area contributed by atoms with E-state index in [-0.39, 0.29) is 17.5 Å². The van der Waals surface area contributed by atoms with E-state index in [1.807, 2.05) is 10.3 Å². The van der Waals surface area contributed by atoms with Gasteiger partial charge in [-0.25, -0.2) is 4.98 Å². The van der Waals surface area contributed by atoms with Gasteiger partial charge in [0.15, 0.2) is 0 Å². The Bertz CT molecular complexity index is 1320. The summed E-state index contributed by atoms with van der Waals surface area (Å²) < 4.78 is 18.6. The summed E-state index contributed by atoms with van der Waals surface area (Å²) in [7, 11) is 0. The highest BCUT2D eigenvalue weighted by Crippen LogP contribution is 2.34. The van der Waals surface area contributed by atoms with Crippen molar-refractivity contribution in [2.75, 3.05) is 46.0 Å². The molecule has 2 aliphatic rings. The molecule has 1 amide bonds. The van der Waals surface area contributed by atoms with Gasteiger partial charge in [-0.15, -0.1) is 11.3 Å². The Morgan fingerprint density at radius 1 is 1.02 bits per heavy atom. The number of hydrogen-bond donors (Lipinski definition) is 0. The number of piperidine rings is 1. The summed E-state index contributed by atoms with van der Waals surface area (Å²) >= 11 is 8.61. The maximum Gasteiger partial charge on any atom is 0.308 e. The second kappa shape index (κ2) is 19.5. The first-order valence-electron chi connectivity index (χ1n) is 18.8. The number of likely N-dealkylation sites (tertiary alicyclic amines) is 1. The van der Waals surface area contributed by atoms with Gasteiger partial charge in [-0.2, -0.15) is 0 Å². The molecule has 1 aromatic heterocycles. The summed E-state index contributed by atoms with van der Waals surface area (Å²) in [6, 6.07) is 6.30. The van der Waals surface area contributed by atoms with Crippen LogP contribution in [-0.2, 0) is 32.0 Å². The topological polar surface area (TPSA) is 81.2 Å². The summed E-state index contributed by atoms with van der Waals surface area (Å²) in [5.74, 6) is 0.180. The van der Waals surface area contributed by atoms with Crippen molar-refractivity contribution in [2.45, 2.75) is 135 Å². The molecule has 0 radical (unpaired) electrons. The van der Waals surface area contributed by atoms with Crippen molar-refractivity contribution in [3.05, 3.63) is 50.4 Å². The first-order valence-corrected chi connectivity index (χ1v) is 20.1. The van der Waals surface area contributed by atoms with Gasteiger partial charge in [-0.05, 0) is 49.7 Å². The molecule has 0 aliphatic carbocycles. The number of nitrogens with zero attached hydrogens (tertiary/aromatic N) is 3. The predicted octanol–water partition coefficient (Wildman–Crippen LogP) is 8.84. The van der Waals surface area contributed by atoms with E-state index in [1.165, 1.54) is 0 Å². The Labute approximate surface area is 304 Å². The van der Waals surface area contributed by atoms with E-state index in [4.69, 9.17) is 25.8 Å².